The molecule has 0 saturated carbocycles. The summed E-state index contributed by atoms with van der Waals surface area (Å²) in [4.78, 5) is 22.0. The minimum atomic E-state index is -0.598. The third kappa shape index (κ3) is 3.32. The van der Waals surface area contributed by atoms with Gasteiger partial charge in [-0.15, -0.1) is 0 Å². The number of carbonyl (C=O) groups is 2. The first kappa shape index (κ1) is 11.0. The van der Waals surface area contributed by atoms with Gasteiger partial charge in [0, 0.05) is 6.42 Å². The number of rotatable bonds is 1. The highest BCUT2D eigenvalue weighted by Gasteiger charge is 2.18. The van der Waals surface area contributed by atoms with Crippen molar-refractivity contribution in [3.8, 4) is 0 Å². The normalized spacial score (nSPS) is 31.6. The van der Waals surface area contributed by atoms with Gasteiger partial charge in [-0.1, -0.05) is 19.1 Å². The number of esters is 1. The van der Waals surface area contributed by atoms with E-state index in [4.69, 9.17) is 4.74 Å². The standard InChI is InChI=1S/C11H16O3/c1-9-6-4-2-3-5-7-10(8-12)14-11(9)13/h3,5,8-10H,2,4,6-7H2,1H3/b5-3-/t9-,10-/m0/s1. The summed E-state index contributed by atoms with van der Waals surface area (Å²) in [6.07, 6.45) is 7.35. The molecule has 3 heteroatoms. The van der Waals surface area contributed by atoms with Gasteiger partial charge in [0.25, 0.3) is 0 Å². The van der Waals surface area contributed by atoms with Crippen molar-refractivity contribution in [2.75, 3.05) is 0 Å². The van der Waals surface area contributed by atoms with Crippen molar-refractivity contribution in [1.29, 1.82) is 0 Å². The Morgan fingerprint density at radius 1 is 1.50 bits per heavy atom. The van der Waals surface area contributed by atoms with Crippen LogP contribution in [-0.2, 0) is 14.3 Å². The molecular formula is C11H16O3. The van der Waals surface area contributed by atoms with Crippen molar-refractivity contribution in [3.63, 3.8) is 0 Å². The van der Waals surface area contributed by atoms with E-state index < -0.39 is 6.10 Å². The first-order valence-electron chi connectivity index (χ1n) is 5.05. The molecule has 1 heterocycles. The molecule has 0 saturated heterocycles. The Kier molecular flexibility index (Phi) is 4.36. The average molecular weight is 196 g/mol. The van der Waals surface area contributed by atoms with Crippen molar-refractivity contribution in [1.82, 2.24) is 0 Å². The van der Waals surface area contributed by atoms with Gasteiger partial charge in [-0.2, -0.15) is 0 Å². The van der Waals surface area contributed by atoms with E-state index in [0.29, 0.717) is 12.7 Å². The van der Waals surface area contributed by atoms with E-state index in [1.54, 1.807) is 0 Å². The summed E-state index contributed by atoms with van der Waals surface area (Å²) in [6, 6.07) is 0. The van der Waals surface area contributed by atoms with Gasteiger partial charge in [0.05, 0.1) is 5.92 Å². The topological polar surface area (TPSA) is 43.4 Å². The molecule has 78 valence electrons. The lowest BCUT2D eigenvalue weighted by atomic mass is 10.0. The molecule has 0 aliphatic carbocycles. The van der Waals surface area contributed by atoms with Gasteiger partial charge in [-0.25, -0.2) is 0 Å². The summed E-state index contributed by atoms with van der Waals surface area (Å²) in [6.45, 7) is 1.84. The van der Waals surface area contributed by atoms with Gasteiger partial charge >= 0.3 is 5.97 Å². The molecule has 0 radical (unpaired) electrons. The maximum Gasteiger partial charge on any atom is 0.309 e. The second-order valence-electron chi connectivity index (χ2n) is 3.65. The molecule has 0 aromatic carbocycles. The number of carbonyl (C=O) groups excluding carboxylic acids is 2. The van der Waals surface area contributed by atoms with E-state index in [0.717, 1.165) is 19.3 Å². The predicted molar refractivity (Wildman–Crippen MR) is 52.7 cm³/mol. The van der Waals surface area contributed by atoms with Crippen molar-refractivity contribution in [2.24, 2.45) is 5.92 Å². The molecule has 2 atom stereocenters. The monoisotopic (exact) mass is 196 g/mol. The first-order chi connectivity index (χ1) is 6.74. The smallest absolute Gasteiger partial charge is 0.309 e. The largest absolute Gasteiger partial charge is 0.454 e. The molecule has 0 spiro atoms. The molecule has 0 N–H and O–H groups in total. The predicted octanol–water partition coefficient (Wildman–Crippen LogP) is 1.86. The molecule has 1 rings (SSSR count). The molecule has 14 heavy (non-hydrogen) atoms. The Morgan fingerprint density at radius 3 is 3.00 bits per heavy atom. The van der Waals surface area contributed by atoms with Crippen LogP contribution in [0.15, 0.2) is 12.2 Å². The second-order valence-corrected chi connectivity index (χ2v) is 3.65. The van der Waals surface area contributed by atoms with Crippen molar-refractivity contribution in [2.45, 2.75) is 38.7 Å². The zero-order valence-electron chi connectivity index (χ0n) is 8.44. The molecular weight excluding hydrogens is 180 g/mol. The molecule has 0 amide bonds. The first-order valence-corrected chi connectivity index (χ1v) is 5.05. The van der Waals surface area contributed by atoms with Crippen LogP contribution >= 0.6 is 0 Å². The van der Waals surface area contributed by atoms with Crippen molar-refractivity contribution >= 4 is 12.3 Å². The van der Waals surface area contributed by atoms with Crippen molar-refractivity contribution < 1.29 is 14.3 Å². The fraction of sp³-hybridized carbons (Fsp3) is 0.636. The van der Waals surface area contributed by atoms with Crippen LogP contribution in [0.4, 0.5) is 0 Å². The van der Waals surface area contributed by atoms with Gasteiger partial charge in [0.2, 0.25) is 0 Å². The lowest BCUT2D eigenvalue weighted by Gasteiger charge is -2.15. The van der Waals surface area contributed by atoms with Gasteiger partial charge in [0.1, 0.15) is 0 Å². The van der Waals surface area contributed by atoms with Crippen LogP contribution in [-0.4, -0.2) is 18.4 Å². The Bertz CT molecular complexity index is 233. The lowest BCUT2D eigenvalue weighted by Crippen LogP contribution is -2.24. The zero-order chi connectivity index (χ0) is 10.4. The number of hydrogen-bond donors (Lipinski definition) is 0. The van der Waals surface area contributed by atoms with Gasteiger partial charge in [0.15, 0.2) is 12.4 Å². The number of ether oxygens (including phenoxy) is 1. The van der Waals surface area contributed by atoms with Crippen LogP contribution in [0.3, 0.4) is 0 Å². The Balaban J connectivity index is 2.61. The number of hydrogen-bond acceptors (Lipinski definition) is 3. The van der Waals surface area contributed by atoms with E-state index in [-0.39, 0.29) is 11.9 Å². The minimum Gasteiger partial charge on any atom is -0.454 e. The van der Waals surface area contributed by atoms with E-state index in [1.807, 2.05) is 19.1 Å². The molecule has 0 bridgehead atoms. The summed E-state index contributed by atoms with van der Waals surface area (Å²) in [5.74, 6) is -0.346. The molecule has 0 unspecified atom stereocenters. The summed E-state index contributed by atoms with van der Waals surface area (Å²) in [5.41, 5.74) is 0. The fourth-order valence-electron chi connectivity index (χ4n) is 1.40. The summed E-state index contributed by atoms with van der Waals surface area (Å²) >= 11 is 0. The van der Waals surface area contributed by atoms with E-state index >= 15 is 0 Å². The number of aldehydes is 1. The van der Waals surface area contributed by atoms with Crippen LogP contribution in [0.1, 0.15) is 32.6 Å². The summed E-state index contributed by atoms with van der Waals surface area (Å²) < 4.78 is 5.03. The van der Waals surface area contributed by atoms with Crippen LogP contribution in [0.2, 0.25) is 0 Å². The van der Waals surface area contributed by atoms with Crippen LogP contribution in [0.25, 0.3) is 0 Å². The molecule has 1 aliphatic heterocycles. The average Bonchev–Trinajstić information content (AvgIpc) is 2.20. The molecule has 0 aromatic heterocycles. The highest BCUT2D eigenvalue weighted by Crippen LogP contribution is 2.14. The molecule has 3 nitrogen and oxygen atoms in total. The highest BCUT2D eigenvalue weighted by atomic mass is 16.5. The zero-order valence-corrected chi connectivity index (χ0v) is 8.44. The summed E-state index contributed by atoms with van der Waals surface area (Å²) in [5, 5.41) is 0. The third-order valence-electron chi connectivity index (χ3n) is 2.36. The maximum atomic E-state index is 11.4. The fourth-order valence-corrected chi connectivity index (χ4v) is 1.40. The SMILES string of the molecule is C[C@H]1CCC/C=C\C[C@@H](C=O)OC1=O. The minimum absolute atomic E-state index is 0.0936. The quantitative estimate of drug-likeness (QED) is 0.365. The molecule has 1 aliphatic rings. The molecule has 0 aromatic rings. The second kappa shape index (κ2) is 5.58. The third-order valence-corrected chi connectivity index (χ3v) is 2.36. The van der Waals surface area contributed by atoms with Gasteiger partial charge in [-0.3, -0.25) is 9.59 Å². The molecule has 0 fully saturated rings. The van der Waals surface area contributed by atoms with Gasteiger partial charge in [-0.05, 0) is 19.3 Å². The van der Waals surface area contributed by atoms with Gasteiger partial charge < -0.3 is 4.74 Å². The Hall–Kier alpha value is -1.12. The number of cyclic esters (lactones) is 1. The highest BCUT2D eigenvalue weighted by molar-refractivity contribution is 5.74. The van der Waals surface area contributed by atoms with Crippen LogP contribution in [0.5, 0.6) is 0 Å². The van der Waals surface area contributed by atoms with E-state index in [9.17, 15) is 9.59 Å². The lowest BCUT2D eigenvalue weighted by molar-refractivity contribution is -0.155. The van der Waals surface area contributed by atoms with Crippen LogP contribution in [0, 0.1) is 5.92 Å². The van der Waals surface area contributed by atoms with Crippen molar-refractivity contribution in [3.05, 3.63) is 12.2 Å². The number of allylic oxidation sites excluding steroid dienone is 1. The van der Waals surface area contributed by atoms with E-state index in [2.05, 4.69) is 0 Å². The van der Waals surface area contributed by atoms with Crippen LogP contribution < -0.4 is 0 Å². The van der Waals surface area contributed by atoms with E-state index in [1.165, 1.54) is 0 Å². The summed E-state index contributed by atoms with van der Waals surface area (Å²) in [7, 11) is 0. The maximum absolute atomic E-state index is 11.4. The Morgan fingerprint density at radius 2 is 2.29 bits per heavy atom. The Labute approximate surface area is 84.1 Å².